The van der Waals surface area contributed by atoms with Gasteiger partial charge in [-0.3, -0.25) is 4.79 Å². The highest BCUT2D eigenvalue weighted by atomic mass is 19.4. The second kappa shape index (κ2) is 4.94. The van der Waals surface area contributed by atoms with Gasteiger partial charge in [-0.05, 0) is 17.7 Å². The summed E-state index contributed by atoms with van der Waals surface area (Å²) in [5.74, 6) is -1.76. The van der Waals surface area contributed by atoms with Crippen LogP contribution in [0.5, 0.6) is 11.5 Å². The van der Waals surface area contributed by atoms with E-state index in [-0.39, 0.29) is 12.2 Å². The number of rotatable bonds is 4. The Bertz CT molecular complexity index is 415. The van der Waals surface area contributed by atoms with E-state index in [9.17, 15) is 18.0 Å². The predicted molar refractivity (Wildman–Crippen MR) is 51.0 cm³/mol. The van der Waals surface area contributed by atoms with Crippen molar-refractivity contribution in [3.8, 4) is 11.5 Å². The molecule has 1 aromatic rings. The summed E-state index contributed by atoms with van der Waals surface area (Å²) in [5, 5.41) is 8.53. The molecular formula is C10H9F3O4. The number of benzene rings is 1. The summed E-state index contributed by atoms with van der Waals surface area (Å²) in [5.41, 5.74) is 0.323. The first-order valence-electron chi connectivity index (χ1n) is 4.46. The molecule has 0 aliphatic rings. The molecular weight excluding hydrogens is 241 g/mol. The van der Waals surface area contributed by atoms with Crippen molar-refractivity contribution < 1.29 is 32.5 Å². The van der Waals surface area contributed by atoms with Crippen molar-refractivity contribution in [1.29, 1.82) is 0 Å². The average Bonchev–Trinajstić information content (AvgIpc) is 2.17. The first-order chi connectivity index (χ1) is 7.81. The second-order valence-electron chi connectivity index (χ2n) is 3.10. The molecule has 0 bridgehead atoms. The highest BCUT2D eigenvalue weighted by Gasteiger charge is 2.32. The summed E-state index contributed by atoms with van der Waals surface area (Å²) in [7, 11) is 1.17. The van der Waals surface area contributed by atoms with Crippen LogP contribution in [0.25, 0.3) is 0 Å². The second-order valence-corrected chi connectivity index (χ2v) is 3.10. The Morgan fingerprint density at radius 3 is 2.47 bits per heavy atom. The number of alkyl halides is 3. The fourth-order valence-electron chi connectivity index (χ4n) is 1.21. The fraction of sp³-hybridized carbons (Fsp3) is 0.300. The topological polar surface area (TPSA) is 55.8 Å². The molecule has 1 rings (SSSR count). The molecule has 94 valence electrons. The quantitative estimate of drug-likeness (QED) is 0.890. The lowest BCUT2D eigenvalue weighted by molar-refractivity contribution is -0.275. The van der Waals surface area contributed by atoms with E-state index in [0.29, 0.717) is 5.56 Å². The number of carboxylic acids is 1. The van der Waals surface area contributed by atoms with E-state index in [0.717, 1.165) is 6.07 Å². The minimum absolute atomic E-state index is 0.166. The number of methoxy groups -OCH3 is 1. The largest absolute Gasteiger partial charge is 0.573 e. The van der Waals surface area contributed by atoms with E-state index in [4.69, 9.17) is 9.84 Å². The van der Waals surface area contributed by atoms with Crippen LogP contribution in [0.4, 0.5) is 13.2 Å². The molecule has 1 aromatic carbocycles. The molecule has 7 heteroatoms. The lowest BCUT2D eigenvalue weighted by Gasteiger charge is -2.13. The summed E-state index contributed by atoms with van der Waals surface area (Å²) in [6.45, 7) is 0. The van der Waals surface area contributed by atoms with Crippen LogP contribution in [-0.4, -0.2) is 24.5 Å². The van der Waals surface area contributed by atoms with Gasteiger partial charge in [-0.1, -0.05) is 6.07 Å². The normalized spacial score (nSPS) is 11.1. The SMILES string of the molecule is COc1cc(CC(=O)O)ccc1OC(F)(F)F. The molecule has 0 aliphatic carbocycles. The van der Waals surface area contributed by atoms with Crippen LogP contribution < -0.4 is 9.47 Å². The zero-order chi connectivity index (χ0) is 13.1. The van der Waals surface area contributed by atoms with Crippen molar-refractivity contribution in [3.63, 3.8) is 0 Å². The summed E-state index contributed by atoms with van der Waals surface area (Å²) < 4.78 is 44.4. The molecule has 0 atom stereocenters. The van der Waals surface area contributed by atoms with Crippen molar-refractivity contribution in [2.75, 3.05) is 7.11 Å². The zero-order valence-corrected chi connectivity index (χ0v) is 8.75. The van der Waals surface area contributed by atoms with Gasteiger partial charge in [-0.2, -0.15) is 0 Å². The van der Waals surface area contributed by atoms with E-state index in [1.54, 1.807) is 0 Å². The fourth-order valence-corrected chi connectivity index (χ4v) is 1.21. The minimum Gasteiger partial charge on any atom is -0.493 e. The molecule has 0 spiro atoms. The molecule has 0 heterocycles. The van der Waals surface area contributed by atoms with Gasteiger partial charge in [-0.25, -0.2) is 0 Å². The van der Waals surface area contributed by atoms with Crippen molar-refractivity contribution >= 4 is 5.97 Å². The molecule has 4 nitrogen and oxygen atoms in total. The number of aliphatic carboxylic acids is 1. The van der Waals surface area contributed by atoms with Crippen LogP contribution in [0.15, 0.2) is 18.2 Å². The highest BCUT2D eigenvalue weighted by molar-refractivity contribution is 5.70. The first kappa shape index (κ1) is 13.1. The van der Waals surface area contributed by atoms with Gasteiger partial charge >= 0.3 is 12.3 Å². The minimum atomic E-state index is -4.82. The lowest BCUT2D eigenvalue weighted by atomic mass is 10.1. The van der Waals surface area contributed by atoms with Gasteiger partial charge in [0.25, 0.3) is 0 Å². The molecule has 0 amide bonds. The van der Waals surface area contributed by atoms with Gasteiger partial charge in [0.15, 0.2) is 11.5 Å². The number of hydrogen-bond acceptors (Lipinski definition) is 3. The predicted octanol–water partition coefficient (Wildman–Crippen LogP) is 2.22. The molecule has 0 radical (unpaired) electrons. The van der Waals surface area contributed by atoms with Crippen molar-refractivity contribution in [1.82, 2.24) is 0 Å². The standard InChI is InChI=1S/C10H9F3O4/c1-16-8-4-6(5-9(14)15)2-3-7(8)17-10(11,12)13/h2-4H,5H2,1H3,(H,14,15). The van der Waals surface area contributed by atoms with Crippen molar-refractivity contribution in [2.45, 2.75) is 12.8 Å². The third kappa shape index (κ3) is 4.21. The maximum absolute atomic E-state index is 12.0. The Hall–Kier alpha value is -1.92. The number of carboxylic acid groups (broad SMARTS) is 1. The molecule has 1 N–H and O–H groups in total. The zero-order valence-electron chi connectivity index (χ0n) is 8.75. The van der Waals surface area contributed by atoms with Crippen LogP contribution in [-0.2, 0) is 11.2 Å². The van der Waals surface area contributed by atoms with Gasteiger partial charge in [0.1, 0.15) is 0 Å². The van der Waals surface area contributed by atoms with E-state index in [2.05, 4.69) is 4.74 Å². The third-order valence-corrected chi connectivity index (χ3v) is 1.81. The number of halogens is 3. The molecule has 0 aliphatic heterocycles. The van der Waals surface area contributed by atoms with Crippen LogP contribution in [0.1, 0.15) is 5.56 Å². The molecule has 0 fully saturated rings. The average molecular weight is 250 g/mol. The summed E-state index contributed by atoms with van der Waals surface area (Å²) >= 11 is 0. The van der Waals surface area contributed by atoms with Gasteiger partial charge in [-0.15, -0.1) is 13.2 Å². The Labute approximate surface area is 94.6 Å². The monoisotopic (exact) mass is 250 g/mol. The number of carbonyl (C=O) groups is 1. The smallest absolute Gasteiger partial charge is 0.493 e. The summed E-state index contributed by atoms with van der Waals surface area (Å²) in [6, 6.07) is 3.44. The molecule has 0 saturated carbocycles. The van der Waals surface area contributed by atoms with Crippen LogP contribution in [0.3, 0.4) is 0 Å². The van der Waals surface area contributed by atoms with E-state index >= 15 is 0 Å². The maximum atomic E-state index is 12.0. The van der Waals surface area contributed by atoms with Crippen LogP contribution in [0.2, 0.25) is 0 Å². The Morgan fingerprint density at radius 2 is 2.00 bits per heavy atom. The summed E-state index contributed by atoms with van der Waals surface area (Å²) in [4.78, 5) is 10.4. The van der Waals surface area contributed by atoms with Gasteiger partial charge < -0.3 is 14.6 Å². The molecule has 0 saturated heterocycles. The lowest BCUT2D eigenvalue weighted by Crippen LogP contribution is -2.17. The number of hydrogen-bond donors (Lipinski definition) is 1. The highest BCUT2D eigenvalue weighted by Crippen LogP contribution is 2.32. The summed E-state index contributed by atoms with van der Waals surface area (Å²) in [6.07, 6.45) is -5.12. The van der Waals surface area contributed by atoms with E-state index in [1.807, 2.05) is 0 Å². The first-order valence-corrected chi connectivity index (χ1v) is 4.46. The van der Waals surface area contributed by atoms with Crippen molar-refractivity contribution in [2.24, 2.45) is 0 Å². The molecule has 17 heavy (non-hydrogen) atoms. The molecule has 0 aromatic heterocycles. The Morgan fingerprint density at radius 1 is 1.35 bits per heavy atom. The maximum Gasteiger partial charge on any atom is 0.573 e. The van der Waals surface area contributed by atoms with Gasteiger partial charge in [0.2, 0.25) is 0 Å². The van der Waals surface area contributed by atoms with E-state index in [1.165, 1.54) is 19.2 Å². The van der Waals surface area contributed by atoms with Crippen LogP contribution >= 0.6 is 0 Å². The van der Waals surface area contributed by atoms with Gasteiger partial charge in [0.05, 0.1) is 13.5 Å². The third-order valence-electron chi connectivity index (χ3n) is 1.81. The van der Waals surface area contributed by atoms with E-state index < -0.39 is 18.1 Å². The van der Waals surface area contributed by atoms with Crippen molar-refractivity contribution in [3.05, 3.63) is 23.8 Å². The Balaban J connectivity index is 2.97. The van der Waals surface area contributed by atoms with Crippen LogP contribution in [0, 0.1) is 0 Å². The van der Waals surface area contributed by atoms with Gasteiger partial charge in [0, 0.05) is 0 Å². The number of ether oxygens (including phenoxy) is 2. The molecule has 0 unspecified atom stereocenters. The Kier molecular flexibility index (Phi) is 3.82.